The zero-order valence-corrected chi connectivity index (χ0v) is 11.6. The van der Waals surface area contributed by atoms with Gasteiger partial charge in [-0.05, 0) is 13.0 Å². The molecule has 0 atom stereocenters. The molecule has 0 aromatic heterocycles. The Kier molecular flexibility index (Phi) is 5.62. The molecule has 0 fully saturated rings. The first kappa shape index (κ1) is 9.90. The van der Waals surface area contributed by atoms with Crippen LogP contribution in [0.15, 0.2) is 24.3 Å². The molecule has 10 heavy (non-hydrogen) atoms. The van der Waals surface area contributed by atoms with E-state index in [0.717, 1.165) is 5.75 Å². The number of hydrogen-bond donors (Lipinski definition) is 0. The molecule has 1 radical (unpaired) electrons. The average molecular weight is 333 g/mol. The zero-order chi connectivity index (χ0) is 6.53. The van der Waals surface area contributed by atoms with Crippen molar-refractivity contribution in [2.24, 2.45) is 0 Å². The SMILES string of the molecule is CCOc1[c]cccc1.[BiH3]. The standard InChI is InChI=1S/C8H9O.Bi.3H/c1-2-9-8-6-4-3-5-7-8;;;;/h3-6H,2H2,1H3;;;;. The minimum atomic E-state index is 0. The Morgan fingerprint density at radius 3 is 2.80 bits per heavy atom. The fourth-order valence-corrected chi connectivity index (χ4v) is 0.622. The van der Waals surface area contributed by atoms with Gasteiger partial charge in [0.05, 0.1) is 6.61 Å². The van der Waals surface area contributed by atoms with Gasteiger partial charge in [0.1, 0.15) is 5.75 Å². The molecule has 1 aromatic carbocycles. The van der Waals surface area contributed by atoms with Crippen LogP contribution in [0, 0.1) is 6.07 Å². The predicted octanol–water partition coefficient (Wildman–Crippen LogP) is 0.702. The summed E-state index contributed by atoms with van der Waals surface area (Å²) in [5.74, 6) is 0.819. The van der Waals surface area contributed by atoms with Crippen LogP contribution in [0.5, 0.6) is 5.75 Å². The molecule has 0 saturated carbocycles. The fraction of sp³-hybridized carbons (Fsp3) is 0.250. The first-order chi connectivity index (χ1) is 4.43. The second kappa shape index (κ2) is 5.67. The second-order valence-corrected chi connectivity index (χ2v) is 1.66. The summed E-state index contributed by atoms with van der Waals surface area (Å²) in [6.07, 6.45) is 0. The van der Waals surface area contributed by atoms with Gasteiger partial charge in [-0.1, -0.05) is 18.2 Å². The first-order valence-corrected chi connectivity index (χ1v) is 3.03. The molecule has 1 rings (SSSR count). The van der Waals surface area contributed by atoms with Crippen LogP contribution in [0.25, 0.3) is 0 Å². The summed E-state index contributed by atoms with van der Waals surface area (Å²) in [5, 5.41) is 0. The van der Waals surface area contributed by atoms with E-state index in [2.05, 4.69) is 6.07 Å². The second-order valence-electron chi connectivity index (χ2n) is 1.66. The van der Waals surface area contributed by atoms with Crippen molar-refractivity contribution in [1.29, 1.82) is 0 Å². The Balaban J connectivity index is 0.000000810. The topological polar surface area (TPSA) is 9.23 Å². The van der Waals surface area contributed by atoms with E-state index in [9.17, 15) is 0 Å². The van der Waals surface area contributed by atoms with Crippen LogP contribution in [0.2, 0.25) is 0 Å². The summed E-state index contributed by atoms with van der Waals surface area (Å²) in [6.45, 7) is 2.67. The van der Waals surface area contributed by atoms with E-state index in [4.69, 9.17) is 4.74 Å². The molecule has 0 amide bonds. The number of rotatable bonds is 2. The van der Waals surface area contributed by atoms with Crippen molar-refractivity contribution in [2.75, 3.05) is 6.61 Å². The third-order valence-corrected chi connectivity index (χ3v) is 0.980. The van der Waals surface area contributed by atoms with Gasteiger partial charge in [0.25, 0.3) is 0 Å². The molecule has 0 aliphatic heterocycles. The van der Waals surface area contributed by atoms with E-state index in [1.165, 1.54) is 0 Å². The molecule has 0 saturated heterocycles. The Labute approximate surface area is 80.5 Å². The molecule has 1 aromatic rings. The van der Waals surface area contributed by atoms with Gasteiger partial charge in [0.2, 0.25) is 0 Å². The van der Waals surface area contributed by atoms with Crippen molar-refractivity contribution in [1.82, 2.24) is 0 Å². The molecule has 1 nitrogen and oxygen atoms in total. The van der Waals surface area contributed by atoms with Gasteiger partial charge in [-0.15, -0.1) is 0 Å². The number of hydrogen-bond acceptors (Lipinski definition) is 1. The molecule has 0 aliphatic carbocycles. The van der Waals surface area contributed by atoms with Crippen molar-refractivity contribution in [3.8, 4) is 5.75 Å². The summed E-state index contributed by atoms with van der Waals surface area (Å²) in [5.41, 5.74) is 0. The maximum absolute atomic E-state index is 5.15. The molecule has 2 heteroatoms. The van der Waals surface area contributed by atoms with Crippen molar-refractivity contribution >= 4 is 26.2 Å². The number of para-hydroxylation sites is 1. The quantitative estimate of drug-likeness (QED) is 0.724. The van der Waals surface area contributed by atoms with E-state index in [0.29, 0.717) is 6.61 Å². The molecular weight excluding hydrogens is 321 g/mol. The molecule has 0 heterocycles. The summed E-state index contributed by atoms with van der Waals surface area (Å²) < 4.78 is 5.15. The maximum atomic E-state index is 5.15. The van der Waals surface area contributed by atoms with E-state index >= 15 is 0 Å². The van der Waals surface area contributed by atoms with E-state index < -0.39 is 0 Å². The Morgan fingerprint density at radius 2 is 2.30 bits per heavy atom. The van der Waals surface area contributed by atoms with Crippen molar-refractivity contribution in [3.05, 3.63) is 30.3 Å². The molecule has 0 N–H and O–H groups in total. The van der Waals surface area contributed by atoms with Crippen LogP contribution in [-0.4, -0.2) is 32.8 Å². The van der Waals surface area contributed by atoms with Crippen LogP contribution in [0.4, 0.5) is 0 Å². The van der Waals surface area contributed by atoms with Gasteiger partial charge in [0.15, 0.2) is 0 Å². The van der Waals surface area contributed by atoms with Crippen LogP contribution >= 0.6 is 0 Å². The van der Waals surface area contributed by atoms with Gasteiger partial charge in [-0.2, -0.15) is 0 Å². The van der Waals surface area contributed by atoms with Crippen molar-refractivity contribution in [2.45, 2.75) is 6.92 Å². The molecule has 0 unspecified atom stereocenters. The van der Waals surface area contributed by atoms with Crippen LogP contribution in [0.1, 0.15) is 6.92 Å². The molecule has 0 spiro atoms. The summed E-state index contributed by atoms with van der Waals surface area (Å²) in [4.78, 5) is 0. The monoisotopic (exact) mass is 333 g/mol. The molecule has 0 bridgehead atoms. The van der Waals surface area contributed by atoms with Gasteiger partial charge < -0.3 is 4.74 Å². The normalized spacial score (nSPS) is 8.10. The van der Waals surface area contributed by atoms with Gasteiger partial charge in [-0.25, -0.2) is 0 Å². The Bertz CT molecular complexity index is 162. The Morgan fingerprint density at radius 1 is 1.50 bits per heavy atom. The fourth-order valence-electron chi connectivity index (χ4n) is 0.622. The summed E-state index contributed by atoms with van der Waals surface area (Å²) in [6, 6.07) is 10.5. The number of benzene rings is 1. The van der Waals surface area contributed by atoms with Gasteiger partial charge in [-0.3, -0.25) is 0 Å². The average Bonchev–Trinajstić information content (AvgIpc) is 1.91. The van der Waals surface area contributed by atoms with Crippen molar-refractivity contribution < 1.29 is 4.74 Å². The molecular formula is C8H12BiO. The Hall–Kier alpha value is -0.0969. The number of ether oxygens (including phenoxy) is 1. The van der Waals surface area contributed by atoms with Crippen LogP contribution in [0.3, 0.4) is 0 Å². The summed E-state index contributed by atoms with van der Waals surface area (Å²) >= 11 is 0. The van der Waals surface area contributed by atoms with Crippen LogP contribution < -0.4 is 4.74 Å². The zero-order valence-electron chi connectivity index (χ0n) is 6.13. The third-order valence-electron chi connectivity index (χ3n) is 0.980. The minimum absolute atomic E-state index is 0. The first-order valence-electron chi connectivity index (χ1n) is 3.03. The predicted molar refractivity (Wildman–Crippen MR) is 46.4 cm³/mol. The van der Waals surface area contributed by atoms with Gasteiger partial charge >= 0.3 is 26.2 Å². The van der Waals surface area contributed by atoms with E-state index in [-0.39, 0.29) is 26.2 Å². The van der Waals surface area contributed by atoms with E-state index in [1.54, 1.807) is 0 Å². The van der Waals surface area contributed by atoms with Crippen molar-refractivity contribution in [3.63, 3.8) is 0 Å². The molecule has 0 aliphatic rings. The van der Waals surface area contributed by atoms with Gasteiger partial charge in [0, 0.05) is 6.07 Å². The molecule has 55 valence electrons. The van der Waals surface area contributed by atoms with Crippen LogP contribution in [-0.2, 0) is 0 Å². The summed E-state index contributed by atoms with van der Waals surface area (Å²) in [7, 11) is 0. The third kappa shape index (κ3) is 3.17. The van der Waals surface area contributed by atoms with E-state index in [1.807, 2.05) is 31.2 Å².